The molecule has 1 aliphatic heterocycles. The Labute approximate surface area is 198 Å². The molecular weight excluding hydrogens is 458 g/mol. The van der Waals surface area contributed by atoms with E-state index in [1.807, 2.05) is 20.8 Å². The van der Waals surface area contributed by atoms with Gasteiger partial charge in [-0.3, -0.25) is 0 Å². The molecule has 3 heterocycles. The van der Waals surface area contributed by atoms with Crippen LogP contribution in [0.4, 0.5) is 4.79 Å². The molecule has 0 radical (unpaired) electrons. The second-order valence-corrected chi connectivity index (χ2v) is 11.7. The third kappa shape index (κ3) is 5.46. The normalized spacial score (nSPS) is 15.5. The first-order valence-electron chi connectivity index (χ1n) is 11.1. The van der Waals surface area contributed by atoms with Gasteiger partial charge in [0.1, 0.15) is 17.8 Å². The van der Waals surface area contributed by atoms with E-state index < -0.39 is 9.84 Å². The molecule has 0 atom stereocenters. The first kappa shape index (κ1) is 23.9. The Balaban J connectivity index is 1.43. The Morgan fingerprint density at radius 1 is 1.12 bits per heavy atom. The van der Waals surface area contributed by atoms with E-state index >= 15 is 0 Å². The van der Waals surface area contributed by atoms with Crippen molar-refractivity contribution >= 4 is 27.0 Å². The van der Waals surface area contributed by atoms with Crippen molar-refractivity contribution in [3.8, 4) is 11.6 Å². The van der Waals surface area contributed by atoms with Gasteiger partial charge in [0, 0.05) is 32.2 Å². The van der Waals surface area contributed by atoms with Crippen molar-refractivity contribution < 1.29 is 22.7 Å². The van der Waals surface area contributed by atoms with Gasteiger partial charge < -0.3 is 14.4 Å². The lowest BCUT2D eigenvalue weighted by Crippen LogP contribution is -2.42. The third-order valence-electron chi connectivity index (χ3n) is 5.45. The molecule has 0 aliphatic carbocycles. The standard InChI is InChI=1S/C23H29N5O5S/c1-23(2,3)14-32-22(29)27-11-9-17(10-12-27)33-21-19-13-26-28(20(19)24-15-25-21)16-5-7-18(8-6-16)34(4,30)31/h5-8,13,15,17H,9-12,14H2,1-4H3. The molecule has 0 bridgehead atoms. The second-order valence-electron chi connectivity index (χ2n) is 9.66. The van der Waals surface area contributed by atoms with E-state index in [0.717, 1.165) is 0 Å². The predicted octanol–water partition coefficient (Wildman–Crippen LogP) is 3.24. The van der Waals surface area contributed by atoms with Gasteiger partial charge in [0.05, 0.1) is 23.4 Å². The number of piperidine rings is 1. The number of likely N-dealkylation sites (tertiary alicyclic amines) is 1. The number of amides is 1. The Morgan fingerprint density at radius 2 is 1.79 bits per heavy atom. The van der Waals surface area contributed by atoms with Crippen LogP contribution in [-0.4, -0.2) is 71.2 Å². The topological polar surface area (TPSA) is 117 Å². The summed E-state index contributed by atoms with van der Waals surface area (Å²) in [6, 6.07) is 6.44. The van der Waals surface area contributed by atoms with Crippen LogP contribution in [0, 0.1) is 5.41 Å². The average molecular weight is 488 g/mol. The zero-order valence-electron chi connectivity index (χ0n) is 19.8. The third-order valence-corrected chi connectivity index (χ3v) is 6.57. The number of aromatic nitrogens is 4. The largest absolute Gasteiger partial charge is 0.474 e. The second kappa shape index (κ2) is 9.21. The number of sulfone groups is 1. The van der Waals surface area contributed by atoms with Gasteiger partial charge in [-0.25, -0.2) is 27.9 Å². The van der Waals surface area contributed by atoms with Gasteiger partial charge in [-0.15, -0.1) is 0 Å². The Hall–Kier alpha value is -3.21. The van der Waals surface area contributed by atoms with Crippen molar-refractivity contribution in [2.45, 2.75) is 44.6 Å². The zero-order chi connectivity index (χ0) is 24.5. The van der Waals surface area contributed by atoms with Crippen LogP contribution in [0.25, 0.3) is 16.7 Å². The number of benzene rings is 1. The van der Waals surface area contributed by atoms with Gasteiger partial charge in [0.25, 0.3) is 0 Å². The number of nitrogens with zero attached hydrogens (tertiary/aromatic N) is 5. The van der Waals surface area contributed by atoms with Crippen molar-refractivity contribution in [2.75, 3.05) is 26.0 Å². The number of carbonyl (C=O) groups is 1. The number of hydrogen-bond donors (Lipinski definition) is 0. The van der Waals surface area contributed by atoms with Crippen LogP contribution in [0.1, 0.15) is 33.6 Å². The Morgan fingerprint density at radius 3 is 2.41 bits per heavy atom. The molecule has 0 unspecified atom stereocenters. The maximum atomic E-state index is 12.3. The van der Waals surface area contributed by atoms with Gasteiger partial charge in [0.15, 0.2) is 15.5 Å². The fourth-order valence-electron chi connectivity index (χ4n) is 3.62. The fraction of sp³-hybridized carbons (Fsp3) is 0.478. The molecule has 1 fully saturated rings. The lowest BCUT2D eigenvalue weighted by Gasteiger charge is -2.32. The molecule has 34 heavy (non-hydrogen) atoms. The van der Waals surface area contributed by atoms with Gasteiger partial charge in [-0.1, -0.05) is 20.8 Å². The molecule has 10 nitrogen and oxygen atoms in total. The molecule has 0 N–H and O–H groups in total. The highest BCUT2D eigenvalue weighted by Gasteiger charge is 2.27. The molecule has 1 amide bonds. The lowest BCUT2D eigenvalue weighted by atomic mass is 9.99. The van der Waals surface area contributed by atoms with Crippen molar-refractivity contribution in [1.29, 1.82) is 0 Å². The molecule has 0 saturated carbocycles. The van der Waals surface area contributed by atoms with Gasteiger partial charge in [-0.2, -0.15) is 5.10 Å². The molecule has 1 aromatic carbocycles. The predicted molar refractivity (Wildman–Crippen MR) is 126 cm³/mol. The lowest BCUT2D eigenvalue weighted by molar-refractivity contribution is 0.0492. The summed E-state index contributed by atoms with van der Waals surface area (Å²) in [5, 5.41) is 5.06. The van der Waals surface area contributed by atoms with E-state index in [0.29, 0.717) is 55.1 Å². The molecule has 2 aromatic heterocycles. The van der Waals surface area contributed by atoms with Crippen LogP contribution >= 0.6 is 0 Å². The summed E-state index contributed by atoms with van der Waals surface area (Å²) >= 11 is 0. The van der Waals surface area contributed by atoms with Crippen LogP contribution in [0.3, 0.4) is 0 Å². The van der Waals surface area contributed by atoms with E-state index in [9.17, 15) is 13.2 Å². The minimum atomic E-state index is -3.28. The maximum Gasteiger partial charge on any atom is 0.409 e. The van der Waals surface area contributed by atoms with Gasteiger partial charge in [-0.05, 0) is 29.7 Å². The molecular formula is C23H29N5O5S. The number of rotatable bonds is 5. The van der Waals surface area contributed by atoms with Crippen LogP contribution < -0.4 is 4.74 Å². The van der Waals surface area contributed by atoms with Crippen LogP contribution in [0.15, 0.2) is 41.7 Å². The monoisotopic (exact) mass is 487 g/mol. The number of hydrogen-bond acceptors (Lipinski definition) is 8. The summed E-state index contributed by atoms with van der Waals surface area (Å²) < 4.78 is 36.6. The molecule has 182 valence electrons. The minimum Gasteiger partial charge on any atom is -0.474 e. The summed E-state index contributed by atoms with van der Waals surface area (Å²) in [7, 11) is -3.28. The molecule has 4 rings (SSSR count). The summed E-state index contributed by atoms with van der Waals surface area (Å²) in [6.45, 7) is 7.55. The highest BCUT2D eigenvalue weighted by atomic mass is 32.2. The quantitative estimate of drug-likeness (QED) is 0.538. The fourth-order valence-corrected chi connectivity index (χ4v) is 4.25. The smallest absolute Gasteiger partial charge is 0.409 e. The highest BCUT2D eigenvalue weighted by molar-refractivity contribution is 7.90. The summed E-state index contributed by atoms with van der Waals surface area (Å²) in [5.41, 5.74) is 1.16. The van der Waals surface area contributed by atoms with E-state index in [2.05, 4.69) is 15.1 Å². The van der Waals surface area contributed by atoms with Gasteiger partial charge in [0.2, 0.25) is 5.88 Å². The van der Waals surface area contributed by atoms with E-state index in [1.54, 1.807) is 27.9 Å². The summed E-state index contributed by atoms with van der Waals surface area (Å²) in [5.74, 6) is 0.428. The van der Waals surface area contributed by atoms with Crippen LogP contribution in [0.5, 0.6) is 5.88 Å². The summed E-state index contributed by atoms with van der Waals surface area (Å²) in [4.78, 5) is 22.9. The van der Waals surface area contributed by atoms with Crippen molar-refractivity contribution in [3.63, 3.8) is 0 Å². The van der Waals surface area contributed by atoms with Crippen LogP contribution in [-0.2, 0) is 14.6 Å². The Kier molecular flexibility index (Phi) is 6.48. The van der Waals surface area contributed by atoms with E-state index in [4.69, 9.17) is 9.47 Å². The molecule has 0 spiro atoms. The van der Waals surface area contributed by atoms with Crippen LogP contribution in [0.2, 0.25) is 0 Å². The minimum absolute atomic E-state index is 0.0737. The molecule has 3 aromatic rings. The van der Waals surface area contributed by atoms with Crippen molar-refractivity contribution in [2.24, 2.45) is 5.41 Å². The van der Waals surface area contributed by atoms with Crippen molar-refractivity contribution in [1.82, 2.24) is 24.6 Å². The average Bonchev–Trinajstić information content (AvgIpc) is 3.22. The van der Waals surface area contributed by atoms with E-state index in [-0.39, 0.29) is 22.5 Å². The number of fused-ring (bicyclic) bond motifs is 1. The molecule has 1 aliphatic rings. The first-order chi connectivity index (χ1) is 16.0. The first-order valence-corrected chi connectivity index (χ1v) is 13.0. The Bertz CT molecular complexity index is 1270. The van der Waals surface area contributed by atoms with E-state index in [1.165, 1.54) is 24.7 Å². The highest BCUT2D eigenvalue weighted by Crippen LogP contribution is 2.27. The summed E-state index contributed by atoms with van der Waals surface area (Å²) in [6.07, 6.45) is 5.16. The SMILES string of the molecule is CC(C)(C)COC(=O)N1CCC(Oc2ncnc3c2cnn3-c2ccc(S(C)(=O)=O)cc2)CC1. The molecule has 11 heteroatoms. The van der Waals surface area contributed by atoms with Crippen molar-refractivity contribution in [3.05, 3.63) is 36.8 Å². The zero-order valence-corrected chi connectivity index (χ0v) is 20.6. The maximum absolute atomic E-state index is 12.3. The van der Waals surface area contributed by atoms with Gasteiger partial charge >= 0.3 is 6.09 Å². The number of ether oxygens (including phenoxy) is 2. The number of carbonyl (C=O) groups excluding carboxylic acids is 1. The molecule has 1 saturated heterocycles.